The van der Waals surface area contributed by atoms with Gasteiger partial charge >= 0.3 is 10.2 Å². The first-order chi connectivity index (χ1) is 11.5. The Balaban J connectivity index is 1.77. The Morgan fingerprint density at radius 2 is 2.08 bits per heavy atom. The van der Waals surface area contributed by atoms with E-state index >= 15 is 0 Å². The van der Waals surface area contributed by atoms with E-state index in [4.69, 9.17) is 0 Å². The molecular formula is C16H17N3O4S. The van der Waals surface area contributed by atoms with Crippen LogP contribution in [-0.2, 0) is 27.8 Å². The largest absolute Gasteiger partial charge is 0.506 e. The lowest BCUT2D eigenvalue weighted by Crippen LogP contribution is -2.30. The molecule has 1 aromatic heterocycles. The van der Waals surface area contributed by atoms with Gasteiger partial charge in [-0.2, -0.15) is 13.1 Å². The van der Waals surface area contributed by atoms with Crippen LogP contribution in [0, 0.1) is 0 Å². The smallest absolute Gasteiger partial charge is 0.302 e. The van der Waals surface area contributed by atoms with E-state index in [0.29, 0.717) is 12.7 Å². The lowest BCUT2D eigenvalue weighted by Gasteiger charge is -2.17. The van der Waals surface area contributed by atoms with Crippen LogP contribution >= 0.6 is 0 Å². The van der Waals surface area contributed by atoms with Gasteiger partial charge < -0.3 is 9.90 Å². The lowest BCUT2D eigenvalue weighted by atomic mass is 10.0. The van der Waals surface area contributed by atoms with Crippen molar-refractivity contribution < 1.29 is 18.3 Å². The molecule has 0 bridgehead atoms. The summed E-state index contributed by atoms with van der Waals surface area (Å²) in [4.78, 5) is 14.9. The molecule has 2 N–H and O–H groups in total. The predicted octanol–water partition coefficient (Wildman–Crippen LogP) is 0.794. The molecule has 0 aliphatic carbocycles. The summed E-state index contributed by atoms with van der Waals surface area (Å²) >= 11 is 0. The number of anilines is 1. The summed E-state index contributed by atoms with van der Waals surface area (Å²) in [5.41, 5.74) is 2.13. The molecule has 0 spiro atoms. The van der Waals surface area contributed by atoms with Crippen molar-refractivity contribution in [1.29, 1.82) is 0 Å². The molecule has 2 heterocycles. The van der Waals surface area contributed by atoms with Crippen LogP contribution in [0.1, 0.15) is 11.1 Å². The SMILES string of the molecule is O=CC1CN(c2ccc(CCc3cccnc3)cc2O)S(=O)(=O)N1. The summed E-state index contributed by atoms with van der Waals surface area (Å²) in [6.07, 6.45) is 5.50. The van der Waals surface area contributed by atoms with Gasteiger partial charge in [-0.25, -0.2) is 0 Å². The van der Waals surface area contributed by atoms with Gasteiger partial charge in [-0.3, -0.25) is 9.29 Å². The number of hydrogen-bond acceptors (Lipinski definition) is 5. The van der Waals surface area contributed by atoms with Crippen LogP contribution in [0.2, 0.25) is 0 Å². The van der Waals surface area contributed by atoms with Crippen LogP contribution in [0.3, 0.4) is 0 Å². The van der Waals surface area contributed by atoms with Crippen molar-refractivity contribution in [1.82, 2.24) is 9.71 Å². The summed E-state index contributed by atoms with van der Waals surface area (Å²) in [7, 11) is -3.81. The van der Waals surface area contributed by atoms with Crippen LogP contribution in [0.25, 0.3) is 0 Å². The maximum atomic E-state index is 12.0. The number of aryl methyl sites for hydroxylation is 2. The molecule has 1 unspecified atom stereocenters. The van der Waals surface area contributed by atoms with Crippen molar-refractivity contribution in [2.24, 2.45) is 0 Å². The van der Waals surface area contributed by atoms with Crippen LogP contribution in [-0.4, -0.2) is 37.4 Å². The molecule has 0 amide bonds. The van der Waals surface area contributed by atoms with Gasteiger partial charge in [0.2, 0.25) is 0 Å². The number of aromatic hydroxyl groups is 1. The van der Waals surface area contributed by atoms with Gasteiger partial charge in [-0.05, 0) is 42.2 Å². The second kappa shape index (κ2) is 6.58. The van der Waals surface area contributed by atoms with E-state index in [9.17, 15) is 18.3 Å². The zero-order valence-corrected chi connectivity index (χ0v) is 13.6. The van der Waals surface area contributed by atoms with Gasteiger partial charge in [0.05, 0.1) is 18.3 Å². The number of carbonyl (C=O) groups is 1. The van der Waals surface area contributed by atoms with Crippen molar-refractivity contribution >= 4 is 22.2 Å². The van der Waals surface area contributed by atoms with Crippen molar-refractivity contribution in [2.45, 2.75) is 18.9 Å². The van der Waals surface area contributed by atoms with E-state index in [1.807, 2.05) is 12.1 Å². The fraction of sp³-hybridized carbons (Fsp3) is 0.250. The first-order valence-corrected chi connectivity index (χ1v) is 8.90. The molecule has 1 aliphatic heterocycles. The van der Waals surface area contributed by atoms with Crippen molar-refractivity contribution in [3.8, 4) is 5.75 Å². The summed E-state index contributed by atoms with van der Waals surface area (Å²) in [6.45, 7) is -0.0333. The molecule has 24 heavy (non-hydrogen) atoms. The van der Waals surface area contributed by atoms with Crippen LogP contribution in [0.5, 0.6) is 5.75 Å². The zero-order chi connectivity index (χ0) is 17.2. The Morgan fingerprint density at radius 1 is 1.29 bits per heavy atom. The first kappa shape index (κ1) is 16.4. The van der Waals surface area contributed by atoms with Gasteiger partial charge in [0, 0.05) is 12.4 Å². The lowest BCUT2D eigenvalue weighted by molar-refractivity contribution is -0.108. The molecule has 1 aliphatic rings. The second-order valence-corrected chi connectivity index (χ2v) is 7.21. The highest BCUT2D eigenvalue weighted by molar-refractivity contribution is 7.91. The number of rotatable bonds is 5. The molecule has 1 aromatic carbocycles. The molecule has 1 fully saturated rings. The highest BCUT2D eigenvalue weighted by Gasteiger charge is 2.36. The maximum absolute atomic E-state index is 12.0. The fourth-order valence-corrected chi connectivity index (χ4v) is 4.05. The third kappa shape index (κ3) is 3.39. The highest BCUT2D eigenvalue weighted by atomic mass is 32.2. The van der Waals surface area contributed by atoms with Crippen LogP contribution < -0.4 is 9.03 Å². The Hall–Kier alpha value is -2.45. The van der Waals surface area contributed by atoms with Crippen molar-refractivity contribution in [3.63, 3.8) is 0 Å². The minimum atomic E-state index is -3.81. The molecule has 7 nitrogen and oxygen atoms in total. The molecule has 0 saturated carbocycles. The number of hydrogen-bond donors (Lipinski definition) is 2. The maximum Gasteiger partial charge on any atom is 0.302 e. The number of nitrogens with one attached hydrogen (secondary N) is 1. The average molecular weight is 347 g/mol. The van der Waals surface area contributed by atoms with Gasteiger partial charge in [-0.15, -0.1) is 0 Å². The van der Waals surface area contributed by atoms with E-state index in [0.717, 1.165) is 21.9 Å². The van der Waals surface area contributed by atoms with E-state index < -0.39 is 16.3 Å². The Kier molecular flexibility index (Phi) is 4.50. The molecule has 1 saturated heterocycles. The normalized spacial score (nSPS) is 19.3. The Labute approximate surface area is 140 Å². The van der Waals surface area contributed by atoms with Gasteiger partial charge in [0.1, 0.15) is 12.0 Å². The second-order valence-electron chi connectivity index (χ2n) is 5.58. The molecule has 126 valence electrons. The summed E-state index contributed by atoms with van der Waals surface area (Å²) in [6, 6.07) is 7.92. The molecule has 3 rings (SSSR count). The number of nitrogens with zero attached hydrogens (tertiary/aromatic N) is 2. The van der Waals surface area contributed by atoms with E-state index in [2.05, 4.69) is 9.71 Å². The number of carbonyl (C=O) groups excluding carboxylic acids is 1. The molecular weight excluding hydrogens is 330 g/mol. The molecule has 2 aromatic rings. The number of aromatic nitrogens is 1. The number of aldehydes is 1. The number of pyridine rings is 1. The van der Waals surface area contributed by atoms with Gasteiger partial charge in [0.15, 0.2) is 0 Å². The minimum Gasteiger partial charge on any atom is -0.506 e. The van der Waals surface area contributed by atoms with E-state index in [-0.39, 0.29) is 18.0 Å². The van der Waals surface area contributed by atoms with Gasteiger partial charge in [-0.1, -0.05) is 12.1 Å². The quantitative estimate of drug-likeness (QED) is 0.779. The van der Waals surface area contributed by atoms with Gasteiger partial charge in [0.25, 0.3) is 0 Å². The third-order valence-corrected chi connectivity index (χ3v) is 5.38. The predicted molar refractivity (Wildman–Crippen MR) is 89.0 cm³/mol. The molecule has 8 heteroatoms. The van der Waals surface area contributed by atoms with Crippen LogP contribution in [0.15, 0.2) is 42.7 Å². The zero-order valence-electron chi connectivity index (χ0n) is 12.8. The summed E-state index contributed by atoms with van der Waals surface area (Å²) in [5.74, 6) is -0.129. The monoisotopic (exact) mass is 347 g/mol. The number of phenols is 1. The molecule has 1 atom stereocenters. The highest BCUT2D eigenvalue weighted by Crippen LogP contribution is 2.32. The topological polar surface area (TPSA) is 99.6 Å². The Morgan fingerprint density at radius 3 is 2.71 bits per heavy atom. The molecule has 0 radical (unpaired) electrons. The third-order valence-electron chi connectivity index (χ3n) is 3.85. The van der Waals surface area contributed by atoms with Crippen molar-refractivity contribution in [3.05, 3.63) is 53.9 Å². The first-order valence-electron chi connectivity index (χ1n) is 7.45. The number of benzene rings is 1. The number of phenolic OH excluding ortho intramolecular Hbond substituents is 1. The fourth-order valence-electron chi connectivity index (χ4n) is 2.64. The van der Waals surface area contributed by atoms with E-state index in [1.54, 1.807) is 30.6 Å². The van der Waals surface area contributed by atoms with Crippen LogP contribution in [0.4, 0.5) is 5.69 Å². The minimum absolute atomic E-state index is 0.0333. The average Bonchev–Trinajstić information content (AvgIpc) is 2.89. The summed E-state index contributed by atoms with van der Waals surface area (Å²) < 4.78 is 27.3. The van der Waals surface area contributed by atoms with E-state index in [1.165, 1.54) is 0 Å². The standard InChI is InChI=1S/C16H17N3O4S/c20-11-14-10-19(24(22,23)18-14)15-6-5-12(8-16(15)21)3-4-13-2-1-7-17-9-13/h1-2,5-9,11,14,18,21H,3-4,10H2. The van der Waals surface area contributed by atoms with Crippen molar-refractivity contribution in [2.75, 3.05) is 10.8 Å². The Bertz CT molecular complexity index is 840. The summed E-state index contributed by atoms with van der Waals surface area (Å²) in [5, 5.41) is 10.2.